The molecule has 1 atom stereocenters. The number of nitrogens with one attached hydrogen (secondary N) is 1. The van der Waals surface area contributed by atoms with Crippen molar-refractivity contribution in [3.05, 3.63) is 0 Å². The second-order valence-corrected chi connectivity index (χ2v) is 7.04. The molecular weight excluding hydrogens is 214 g/mol. The lowest BCUT2D eigenvalue weighted by molar-refractivity contribution is 0.185. The van der Waals surface area contributed by atoms with Crippen LogP contribution < -0.4 is 5.32 Å². The molecule has 0 fully saturated rings. The second kappa shape index (κ2) is 8.41. The zero-order valence-corrected chi connectivity index (χ0v) is 12.9. The van der Waals surface area contributed by atoms with Crippen LogP contribution in [0.5, 0.6) is 0 Å². The number of hydrogen-bond donors (Lipinski definition) is 1. The van der Waals surface area contributed by atoms with Crippen LogP contribution in [0.1, 0.15) is 54.4 Å². The highest BCUT2D eigenvalue weighted by Gasteiger charge is 2.27. The average molecular weight is 245 g/mol. The summed E-state index contributed by atoms with van der Waals surface area (Å²) < 4.78 is 0. The summed E-state index contributed by atoms with van der Waals surface area (Å²) >= 11 is 2.06. The van der Waals surface area contributed by atoms with E-state index in [2.05, 4.69) is 58.6 Å². The maximum atomic E-state index is 3.60. The largest absolute Gasteiger partial charge is 0.314 e. The smallest absolute Gasteiger partial charge is 0.00106 e. The topological polar surface area (TPSA) is 12.0 Å². The fourth-order valence-corrected chi connectivity index (χ4v) is 2.38. The van der Waals surface area contributed by atoms with E-state index in [0.717, 1.165) is 12.5 Å². The molecule has 0 heterocycles. The van der Waals surface area contributed by atoms with Gasteiger partial charge in [-0.05, 0) is 35.7 Å². The first-order chi connectivity index (χ1) is 7.42. The first-order valence-electron chi connectivity index (χ1n) is 6.73. The quantitative estimate of drug-likeness (QED) is 0.612. The third-order valence-electron chi connectivity index (χ3n) is 3.55. The van der Waals surface area contributed by atoms with Gasteiger partial charge in [0.05, 0.1) is 0 Å². The van der Waals surface area contributed by atoms with Gasteiger partial charge in [-0.2, -0.15) is 11.8 Å². The predicted octanol–water partition coefficient (Wildman–Crippen LogP) is 4.18. The van der Waals surface area contributed by atoms with Crippen molar-refractivity contribution in [2.75, 3.05) is 18.1 Å². The van der Waals surface area contributed by atoms with E-state index in [1.54, 1.807) is 0 Å². The third-order valence-corrected chi connectivity index (χ3v) is 4.53. The summed E-state index contributed by atoms with van der Waals surface area (Å²) in [5.41, 5.74) is 0.457. The summed E-state index contributed by atoms with van der Waals surface area (Å²) in [6, 6.07) is 0.600. The first kappa shape index (κ1) is 16.3. The SMILES string of the molecule is CCSCCCC(C)(CNC(C)C)C(C)C. The van der Waals surface area contributed by atoms with Crippen molar-refractivity contribution >= 4 is 11.8 Å². The molecule has 0 amide bonds. The highest BCUT2D eigenvalue weighted by atomic mass is 32.2. The minimum Gasteiger partial charge on any atom is -0.314 e. The number of hydrogen-bond acceptors (Lipinski definition) is 2. The van der Waals surface area contributed by atoms with Gasteiger partial charge in [-0.25, -0.2) is 0 Å². The van der Waals surface area contributed by atoms with Crippen molar-refractivity contribution in [2.45, 2.75) is 60.4 Å². The Balaban J connectivity index is 4.01. The molecule has 16 heavy (non-hydrogen) atoms. The van der Waals surface area contributed by atoms with Crippen LogP contribution in [-0.2, 0) is 0 Å². The Morgan fingerprint density at radius 1 is 1.19 bits per heavy atom. The summed E-state index contributed by atoms with van der Waals surface area (Å²) in [6.07, 6.45) is 2.70. The van der Waals surface area contributed by atoms with E-state index < -0.39 is 0 Å². The standard InChI is InChI=1S/C14H31NS/c1-7-16-10-8-9-14(6,12(2)3)11-15-13(4)5/h12-13,15H,7-11H2,1-6H3. The average Bonchev–Trinajstić information content (AvgIpc) is 2.21. The van der Waals surface area contributed by atoms with Gasteiger partial charge in [0.1, 0.15) is 0 Å². The fraction of sp³-hybridized carbons (Fsp3) is 1.00. The van der Waals surface area contributed by atoms with E-state index in [1.807, 2.05) is 0 Å². The molecule has 1 nitrogen and oxygen atoms in total. The first-order valence-corrected chi connectivity index (χ1v) is 7.89. The molecule has 0 saturated heterocycles. The molecule has 0 spiro atoms. The lowest BCUT2D eigenvalue weighted by Gasteiger charge is -2.35. The molecule has 0 aliphatic rings. The van der Waals surface area contributed by atoms with Crippen LogP contribution in [0, 0.1) is 11.3 Å². The molecule has 0 saturated carbocycles. The van der Waals surface area contributed by atoms with Gasteiger partial charge in [0.2, 0.25) is 0 Å². The van der Waals surface area contributed by atoms with Gasteiger partial charge >= 0.3 is 0 Å². The van der Waals surface area contributed by atoms with Gasteiger partial charge < -0.3 is 5.32 Å². The van der Waals surface area contributed by atoms with Crippen LogP contribution in [0.15, 0.2) is 0 Å². The maximum Gasteiger partial charge on any atom is 0.00106 e. The van der Waals surface area contributed by atoms with E-state index in [1.165, 1.54) is 24.3 Å². The van der Waals surface area contributed by atoms with E-state index in [4.69, 9.17) is 0 Å². The fourth-order valence-electron chi connectivity index (χ4n) is 1.74. The molecule has 0 aliphatic heterocycles. The Labute approximate surface area is 107 Å². The monoisotopic (exact) mass is 245 g/mol. The highest BCUT2D eigenvalue weighted by Crippen LogP contribution is 2.32. The molecule has 0 bridgehead atoms. The molecular formula is C14H31NS. The number of thioether (sulfide) groups is 1. The molecule has 2 heteroatoms. The zero-order chi connectivity index (χ0) is 12.6. The van der Waals surface area contributed by atoms with Crippen molar-refractivity contribution in [1.29, 1.82) is 0 Å². The lowest BCUT2D eigenvalue weighted by Crippen LogP contribution is -2.39. The second-order valence-electron chi connectivity index (χ2n) is 5.64. The molecule has 0 aromatic carbocycles. The Morgan fingerprint density at radius 3 is 2.25 bits per heavy atom. The molecule has 0 rings (SSSR count). The van der Waals surface area contributed by atoms with Gasteiger partial charge in [0.25, 0.3) is 0 Å². The summed E-state index contributed by atoms with van der Waals surface area (Å²) in [4.78, 5) is 0. The minimum absolute atomic E-state index is 0.457. The molecule has 0 aliphatic carbocycles. The van der Waals surface area contributed by atoms with E-state index >= 15 is 0 Å². The Kier molecular flexibility index (Phi) is 8.57. The van der Waals surface area contributed by atoms with Gasteiger partial charge in [0.15, 0.2) is 0 Å². The molecule has 0 aromatic heterocycles. The molecule has 0 aromatic rings. The third kappa shape index (κ3) is 6.80. The van der Waals surface area contributed by atoms with Gasteiger partial charge in [-0.15, -0.1) is 0 Å². The summed E-state index contributed by atoms with van der Waals surface area (Å²) in [6.45, 7) is 15.0. The van der Waals surface area contributed by atoms with Crippen molar-refractivity contribution in [2.24, 2.45) is 11.3 Å². The molecule has 1 N–H and O–H groups in total. The van der Waals surface area contributed by atoms with Crippen molar-refractivity contribution < 1.29 is 0 Å². The summed E-state index contributed by atoms with van der Waals surface area (Å²) in [5.74, 6) is 3.33. The number of rotatable bonds is 9. The lowest BCUT2D eigenvalue weighted by atomic mass is 9.75. The zero-order valence-electron chi connectivity index (χ0n) is 12.1. The Hall–Kier alpha value is 0.310. The van der Waals surface area contributed by atoms with Crippen LogP contribution in [-0.4, -0.2) is 24.1 Å². The van der Waals surface area contributed by atoms with Crippen LogP contribution in [0.3, 0.4) is 0 Å². The van der Waals surface area contributed by atoms with Crippen molar-refractivity contribution in [3.8, 4) is 0 Å². The van der Waals surface area contributed by atoms with Gasteiger partial charge in [0, 0.05) is 12.6 Å². The van der Waals surface area contributed by atoms with Crippen LogP contribution in [0.2, 0.25) is 0 Å². The molecule has 1 unspecified atom stereocenters. The molecule has 98 valence electrons. The van der Waals surface area contributed by atoms with Gasteiger partial charge in [-0.1, -0.05) is 41.5 Å². The predicted molar refractivity (Wildman–Crippen MR) is 78.3 cm³/mol. The highest BCUT2D eigenvalue weighted by molar-refractivity contribution is 7.99. The van der Waals surface area contributed by atoms with Crippen LogP contribution in [0.4, 0.5) is 0 Å². The Morgan fingerprint density at radius 2 is 1.81 bits per heavy atom. The van der Waals surface area contributed by atoms with Gasteiger partial charge in [-0.3, -0.25) is 0 Å². The normalized spacial score (nSPS) is 15.8. The Bertz CT molecular complexity index is 168. The van der Waals surface area contributed by atoms with Crippen molar-refractivity contribution in [1.82, 2.24) is 5.32 Å². The minimum atomic E-state index is 0.457. The van der Waals surface area contributed by atoms with Crippen LogP contribution >= 0.6 is 11.8 Å². The van der Waals surface area contributed by atoms with Crippen molar-refractivity contribution in [3.63, 3.8) is 0 Å². The van der Waals surface area contributed by atoms with E-state index in [9.17, 15) is 0 Å². The van der Waals surface area contributed by atoms with Crippen LogP contribution in [0.25, 0.3) is 0 Å². The van der Waals surface area contributed by atoms with E-state index in [0.29, 0.717) is 11.5 Å². The molecule has 0 radical (unpaired) electrons. The maximum absolute atomic E-state index is 3.60. The summed E-state index contributed by atoms with van der Waals surface area (Å²) in [7, 11) is 0. The van der Waals surface area contributed by atoms with E-state index in [-0.39, 0.29) is 0 Å². The summed E-state index contributed by atoms with van der Waals surface area (Å²) in [5, 5.41) is 3.60.